The Morgan fingerprint density at radius 2 is 1.84 bits per heavy atom. The maximum absolute atomic E-state index is 9.66. The fourth-order valence-electron chi connectivity index (χ4n) is 2.10. The van der Waals surface area contributed by atoms with E-state index in [1.807, 2.05) is 6.07 Å². The molecule has 0 radical (unpaired) electrons. The molecule has 4 heteroatoms. The molecular weight excluding hydrogens is 238 g/mol. The lowest BCUT2D eigenvalue weighted by Gasteiger charge is -2.00. The van der Waals surface area contributed by atoms with Gasteiger partial charge < -0.3 is 15.8 Å². The van der Waals surface area contributed by atoms with Gasteiger partial charge in [0.15, 0.2) is 0 Å². The van der Waals surface area contributed by atoms with Gasteiger partial charge in [-0.25, -0.2) is 4.98 Å². The molecular formula is C15H15N3O. The van der Waals surface area contributed by atoms with Gasteiger partial charge in [-0.2, -0.15) is 0 Å². The number of aromatic hydroxyl groups is 1. The molecule has 0 saturated carbocycles. The largest absolute Gasteiger partial charge is 0.506 e. The number of rotatable bonds is 1. The summed E-state index contributed by atoms with van der Waals surface area (Å²) < 4.78 is 0. The van der Waals surface area contributed by atoms with Crippen LogP contribution in [0.5, 0.6) is 5.75 Å². The normalized spacial score (nSPS) is 11.1. The maximum Gasteiger partial charge on any atom is 0.139 e. The lowest BCUT2D eigenvalue weighted by molar-refractivity contribution is 0.478. The van der Waals surface area contributed by atoms with Gasteiger partial charge in [-0.05, 0) is 55.3 Å². The molecule has 0 unspecified atom stereocenters. The van der Waals surface area contributed by atoms with E-state index in [1.54, 1.807) is 12.1 Å². The van der Waals surface area contributed by atoms with Crippen molar-refractivity contribution < 1.29 is 5.11 Å². The third-order valence-electron chi connectivity index (χ3n) is 3.40. The van der Waals surface area contributed by atoms with Crippen LogP contribution in [0.1, 0.15) is 11.1 Å². The molecule has 3 aromatic rings. The molecule has 0 fully saturated rings. The highest BCUT2D eigenvalue weighted by molar-refractivity contribution is 5.81. The van der Waals surface area contributed by atoms with Crippen molar-refractivity contribution in [2.24, 2.45) is 0 Å². The van der Waals surface area contributed by atoms with E-state index in [-0.39, 0.29) is 5.75 Å². The summed E-state index contributed by atoms with van der Waals surface area (Å²) in [5.41, 5.74) is 11.1. The molecule has 0 bridgehead atoms. The third kappa shape index (κ3) is 1.91. The first kappa shape index (κ1) is 11.6. The van der Waals surface area contributed by atoms with E-state index < -0.39 is 0 Å². The van der Waals surface area contributed by atoms with Gasteiger partial charge in [-0.1, -0.05) is 0 Å². The van der Waals surface area contributed by atoms with Gasteiger partial charge in [0.2, 0.25) is 0 Å². The summed E-state index contributed by atoms with van der Waals surface area (Å²) in [6.07, 6.45) is 0. The topological polar surface area (TPSA) is 74.9 Å². The maximum atomic E-state index is 9.66. The molecule has 0 aliphatic rings. The van der Waals surface area contributed by atoms with E-state index in [0.717, 1.165) is 22.4 Å². The average Bonchev–Trinajstić information content (AvgIpc) is 2.76. The van der Waals surface area contributed by atoms with Crippen LogP contribution in [0, 0.1) is 13.8 Å². The van der Waals surface area contributed by atoms with Gasteiger partial charge in [-0.15, -0.1) is 0 Å². The molecule has 0 spiro atoms. The van der Waals surface area contributed by atoms with E-state index in [4.69, 9.17) is 5.73 Å². The fourth-order valence-corrected chi connectivity index (χ4v) is 2.10. The molecule has 4 N–H and O–H groups in total. The third-order valence-corrected chi connectivity index (χ3v) is 3.40. The van der Waals surface area contributed by atoms with Crippen LogP contribution < -0.4 is 5.73 Å². The quantitative estimate of drug-likeness (QED) is 0.460. The van der Waals surface area contributed by atoms with E-state index in [1.165, 1.54) is 11.1 Å². The van der Waals surface area contributed by atoms with Gasteiger partial charge in [0, 0.05) is 5.56 Å². The number of fused-ring (bicyclic) bond motifs is 1. The zero-order valence-corrected chi connectivity index (χ0v) is 10.9. The highest BCUT2D eigenvalue weighted by atomic mass is 16.3. The first-order valence-electron chi connectivity index (χ1n) is 6.10. The van der Waals surface area contributed by atoms with Crippen molar-refractivity contribution in [3.8, 4) is 17.1 Å². The molecule has 2 aromatic carbocycles. The molecule has 0 saturated heterocycles. The number of nitrogens with two attached hydrogens (primary N) is 1. The van der Waals surface area contributed by atoms with Crippen molar-refractivity contribution in [3.63, 3.8) is 0 Å². The SMILES string of the molecule is Cc1cc2nc(-c3ccc(N)c(O)c3)[nH]c2cc1C. The predicted octanol–water partition coefficient (Wildman–Crippen LogP) is 3.13. The van der Waals surface area contributed by atoms with Crippen LogP contribution in [0.25, 0.3) is 22.4 Å². The zero-order valence-electron chi connectivity index (χ0n) is 10.9. The highest BCUT2D eigenvalue weighted by Crippen LogP contribution is 2.28. The van der Waals surface area contributed by atoms with Crippen molar-refractivity contribution >= 4 is 16.7 Å². The lowest BCUT2D eigenvalue weighted by Crippen LogP contribution is -1.86. The number of hydrogen-bond donors (Lipinski definition) is 3. The Kier molecular flexibility index (Phi) is 2.45. The Balaban J connectivity index is 2.17. The molecule has 4 nitrogen and oxygen atoms in total. The summed E-state index contributed by atoms with van der Waals surface area (Å²) in [4.78, 5) is 7.81. The molecule has 0 aliphatic heterocycles. The van der Waals surface area contributed by atoms with E-state index >= 15 is 0 Å². The molecule has 0 atom stereocenters. The van der Waals surface area contributed by atoms with Crippen LogP contribution in [-0.4, -0.2) is 15.1 Å². The Morgan fingerprint density at radius 3 is 2.58 bits per heavy atom. The van der Waals surface area contributed by atoms with E-state index in [0.29, 0.717) is 5.69 Å². The summed E-state index contributed by atoms with van der Waals surface area (Å²) in [6, 6.07) is 9.27. The van der Waals surface area contributed by atoms with Crippen LogP contribution in [0.4, 0.5) is 5.69 Å². The minimum Gasteiger partial charge on any atom is -0.506 e. The summed E-state index contributed by atoms with van der Waals surface area (Å²) in [5, 5.41) is 9.66. The Morgan fingerprint density at radius 1 is 1.11 bits per heavy atom. The number of H-pyrrole nitrogens is 1. The van der Waals surface area contributed by atoms with Crippen molar-refractivity contribution in [1.82, 2.24) is 9.97 Å². The zero-order chi connectivity index (χ0) is 13.6. The number of phenolic OH excluding ortho intramolecular Hbond substituents is 1. The number of nitrogen functional groups attached to an aromatic ring is 1. The fraction of sp³-hybridized carbons (Fsp3) is 0.133. The Hall–Kier alpha value is -2.49. The number of nitrogens with one attached hydrogen (secondary N) is 1. The second-order valence-electron chi connectivity index (χ2n) is 4.81. The van der Waals surface area contributed by atoms with Crippen LogP contribution in [-0.2, 0) is 0 Å². The van der Waals surface area contributed by atoms with Crippen LogP contribution >= 0.6 is 0 Å². The minimum absolute atomic E-state index is 0.0744. The first-order chi connectivity index (χ1) is 9.04. The van der Waals surface area contributed by atoms with Gasteiger partial charge in [0.25, 0.3) is 0 Å². The van der Waals surface area contributed by atoms with Crippen molar-refractivity contribution in [2.45, 2.75) is 13.8 Å². The monoisotopic (exact) mass is 253 g/mol. The van der Waals surface area contributed by atoms with Crippen molar-refractivity contribution in [2.75, 3.05) is 5.73 Å². The number of aryl methyl sites for hydroxylation is 2. The van der Waals surface area contributed by atoms with E-state index in [2.05, 4.69) is 35.9 Å². The Bertz CT molecular complexity index is 735. The molecule has 19 heavy (non-hydrogen) atoms. The molecule has 3 rings (SSSR count). The number of imidazole rings is 1. The number of hydrogen-bond acceptors (Lipinski definition) is 3. The highest BCUT2D eigenvalue weighted by Gasteiger charge is 2.08. The van der Waals surface area contributed by atoms with Crippen LogP contribution in [0.15, 0.2) is 30.3 Å². The second kappa shape index (κ2) is 4.02. The standard InChI is InChI=1S/C15H15N3O/c1-8-5-12-13(6-9(8)2)18-15(17-12)10-3-4-11(16)14(19)7-10/h3-7,19H,16H2,1-2H3,(H,17,18). The smallest absolute Gasteiger partial charge is 0.139 e. The van der Waals surface area contributed by atoms with Crippen LogP contribution in [0.2, 0.25) is 0 Å². The molecule has 96 valence electrons. The lowest BCUT2D eigenvalue weighted by atomic mass is 10.1. The number of nitrogens with zero attached hydrogens (tertiary/aromatic N) is 1. The van der Waals surface area contributed by atoms with Gasteiger partial charge in [0.1, 0.15) is 11.6 Å². The summed E-state index contributed by atoms with van der Waals surface area (Å²) in [7, 11) is 0. The van der Waals surface area contributed by atoms with Gasteiger partial charge in [-0.3, -0.25) is 0 Å². The Labute approximate surface area is 110 Å². The summed E-state index contributed by atoms with van der Waals surface area (Å²) in [6.45, 7) is 4.14. The van der Waals surface area contributed by atoms with Gasteiger partial charge >= 0.3 is 0 Å². The van der Waals surface area contributed by atoms with Crippen LogP contribution in [0.3, 0.4) is 0 Å². The predicted molar refractivity (Wildman–Crippen MR) is 77.1 cm³/mol. The molecule has 1 aromatic heterocycles. The summed E-state index contributed by atoms with van der Waals surface area (Å²) >= 11 is 0. The molecule has 0 amide bonds. The van der Waals surface area contributed by atoms with E-state index in [9.17, 15) is 5.11 Å². The second-order valence-corrected chi connectivity index (χ2v) is 4.81. The molecule has 0 aliphatic carbocycles. The number of aromatic amines is 1. The number of phenols is 1. The molecule has 1 heterocycles. The number of benzene rings is 2. The van der Waals surface area contributed by atoms with Crippen molar-refractivity contribution in [1.29, 1.82) is 0 Å². The van der Waals surface area contributed by atoms with Crippen molar-refractivity contribution in [3.05, 3.63) is 41.5 Å². The van der Waals surface area contributed by atoms with Gasteiger partial charge in [0.05, 0.1) is 16.7 Å². The minimum atomic E-state index is 0.0744. The number of anilines is 1. The average molecular weight is 253 g/mol. The first-order valence-corrected chi connectivity index (χ1v) is 6.10. The number of aromatic nitrogens is 2. The summed E-state index contributed by atoms with van der Waals surface area (Å²) in [5.74, 6) is 0.806.